The molecule has 1 aliphatic heterocycles. The van der Waals surface area contributed by atoms with E-state index in [1.807, 2.05) is 12.3 Å². The molecule has 0 radical (unpaired) electrons. The molecule has 1 aromatic heterocycles. The third kappa shape index (κ3) is 3.22. The zero-order valence-corrected chi connectivity index (χ0v) is 12.9. The number of aromatic nitrogens is 2. The van der Waals surface area contributed by atoms with Gasteiger partial charge in [-0.2, -0.15) is 0 Å². The number of hydrogen-bond acceptors (Lipinski definition) is 4. The summed E-state index contributed by atoms with van der Waals surface area (Å²) in [5, 5.41) is 6.69. The molecule has 110 valence electrons. The van der Waals surface area contributed by atoms with Crippen LogP contribution in [0.1, 0.15) is 43.2 Å². The average molecular weight is 282 g/mol. The van der Waals surface area contributed by atoms with Crippen molar-refractivity contribution in [2.75, 3.05) is 5.32 Å². The molecule has 2 heterocycles. The standard InChI is InChI=1S/C17H22N4/c1-17(2,3)15-6-7-19-16(21-15)20-9-12-4-5-13-10-18-11-14(13)8-12/h4-8,18H,9-11H2,1-3H3,(H,19,20,21). The predicted octanol–water partition coefficient (Wildman–Crippen LogP) is 2.99. The van der Waals surface area contributed by atoms with E-state index in [0.717, 1.165) is 25.3 Å². The van der Waals surface area contributed by atoms with E-state index < -0.39 is 0 Å². The first-order valence-corrected chi connectivity index (χ1v) is 7.41. The highest BCUT2D eigenvalue weighted by Crippen LogP contribution is 2.21. The fourth-order valence-corrected chi connectivity index (χ4v) is 2.50. The normalized spacial score (nSPS) is 14.0. The summed E-state index contributed by atoms with van der Waals surface area (Å²) in [7, 11) is 0. The molecular weight excluding hydrogens is 260 g/mol. The van der Waals surface area contributed by atoms with E-state index in [1.165, 1.54) is 16.7 Å². The van der Waals surface area contributed by atoms with E-state index in [4.69, 9.17) is 0 Å². The summed E-state index contributed by atoms with van der Waals surface area (Å²) < 4.78 is 0. The van der Waals surface area contributed by atoms with E-state index in [-0.39, 0.29) is 5.41 Å². The van der Waals surface area contributed by atoms with Crippen molar-refractivity contribution in [1.82, 2.24) is 15.3 Å². The minimum Gasteiger partial charge on any atom is -0.350 e. The quantitative estimate of drug-likeness (QED) is 0.908. The summed E-state index contributed by atoms with van der Waals surface area (Å²) >= 11 is 0. The van der Waals surface area contributed by atoms with Gasteiger partial charge in [0.2, 0.25) is 5.95 Å². The van der Waals surface area contributed by atoms with Gasteiger partial charge in [-0.05, 0) is 22.8 Å². The Kier molecular flexibility index (Phi) is 3.64. The molecule has 1 aromatic carbocycles. The largest absolute Gasteiger partial charge is 0.350 e. The SMILES string of the molecule is CC(C)(C)c1ccnc(NCc2ccc3c(c2)CNC3)n1. The van der Waals surface area contributed by atoms with Crippen molar-refractivity contribution in [3.05, 3.63) is 52.8 Å². The Hall–Kier alpha value is -1.94. The Bertz CT molecular complexity index is 643. The Morgan fingerprint density at radius 3 is 2.76 bits per heavy atom. The van der Waals surface area contributed by atoms with Crippen LogP contribution in [0.2, 0.25) is 0 Å². The highest BCUT2D eigenvalue weighted by atomic mass is 15.1. The summed E-state index contributed by atoms with van der Waals surface area (Å²) in [6, 6.07) is 8.62. The summed E-state index contributed by atoms with van der Waals surface area (Å²) in [6.07, 6.45) is 1.82. The van der Waals surface area contributed by atoms with E-state index >= 15 is 0 Å². The predicted molar refractivity (Wildman–Crippen MR) is 85.0 cm³/mol. The number of benzene rings is 1. The van der Waals surface area contributed by atoms with Gasteiger partial charge in [-0.1, -0.05) is 39.0 Å². The fraction of sp³-hybridized carbons (Fsp3) is 0.412. The van der Waals surface area contributed by atoms with Gasteiger partial charge in [-0.25, -0.2) is 9.97 Å². The molecule has 0 atom stereocenters. The minimum absolute atomic E-state index is 0.0403. The highest BCUT2D eigenvalue weighted by Gasteiger charge is 2.16. The Morgan fingerprint density at radius 1 is 1.14 bits per heavy atom. The van der Waals surface area contributed by atoms with Crippen molar-refractivity contribution in [2.24, 2.45) is 0 Å². The number of nitrogens with zero attached hydrogens (tertiary/aromatic N) is 2. The van der Waals surface area contributed by atoms with Gasteiger partial charge in [0.1, 0.15) is 0 Å². The molecular formula is C17H22N4. The van der Waals surface area contributed by atoms with Gasteiger partial charge in [0, 0.05) is 31.2 Å². The van der Waals surface area contributed by atoms with Gasteiger partial charge in [-0.3, -0.25) is 0 Å². The molecule has 0 saturated carbocycles. The number of rotatable bonds is 3. The van der Waals surface area contributed by atoms with Gasteiger partial charge >= 0.3 is 0 Å². The topological polar surface area (TPSA) is 49.8 Å². The zero-order valence-electron chi connectivity index (χ0n) is 12.9. The van der Waals surface area contributed by atoms with Crippen LogP contribution in [0.3, 0.4) is 0 Å². The maximum Gasteiger partial charge on any atom is 0.223 e. The molecule has 21 heavy (non-hydrogen) atoms. The number of hydrogen-bond donors (Lipinski definition) is 2. The van der Waals surface area contributed by atoms with E-state index in [0.29, 0.717) is 5.95 Å². The van der Waals surface area contributed by atoms with E-state index in [2.05, 4.69) is 59.6 Å². The van der Waals surface area contributed by atoms with E-state index in [1.54, 1.807) is 0 Å². The van der Waals surface area contributed by atoms with Gasteiger partial charge in [0.05, 0.1) is 5.69 Å². The Labute approximate surface area is 126 Å². The van der Waals surface area contributed by atoms with E-state index in [9.17, 15) is 0 Å². The second-order valence-corrected chi connectivity index (χ2v) is 6.58. The van der Waals surface area contributed by atoms with Crippen LogP contribution in [-0.2, 0) is 25.0 Å². The lowest BCUT2D eigenvalue weighted by Crippen LogP contribution is -2.15. The van der Waals surface area contributed by atoms with Crippen LogP contribution < -0.4 is 10.6 Å². The summed E-state index contributed by atoms with van der Waals surface area (Å²) in [6.45, 7) is 9.19. The number of nitrogens with one attached hydrogen (secondary N) is 2. The van der Waals surface area contributed by atoms with Crippen molar-refractivity contribution in [3.63, 3.8) is 0 Å². The molecule has 2 N–H and O–H groups in total. The molecule has 3 rings (SSSR count). The van der Waals surface area contributed by atoms with Crippen LogP contribution in [-0.4, -0.2) is 9.97 Å². The number of anilines is 1. The second kappa shape index (κ2) is 5.45. The van der Waals surface area contributed by atoms with Crippen molar-refractivity contribution in [2.45, 2.75) is 45.8 Å². The second-order valence-electron chi connectivity index (χ2n) is 6.58. The Morgan fingerprint density at radius 2 is 1.95 bits per heavy atom. The first kappa shape index (κ1) is 14.0. The van der Waals surface area contributed by atoms with Crippen LogP contribution in [0, 0.1) is 0 Å². The lowest BCUT2D eigenvalue weighted by atomic mass is 9.92. The maximum absolute atomic E-state index is 4.60. The minimum atomic E-state index is 0.0403. The Balaban J connectivity index is 1.70. The molecule has 4 heteroatoms. The summed E-state index contributed by atoms with van der Waals surface area (Å²) in [5.41, 5.74) is 5.17. The van der Waals surface area contributed by atoms with Crippen molar-refractivity contribution < 1.29 is 0 Å². The molecule has 1 aliphatic rings. The molecule has 0 amide bonds. The van der Waals surface area contributed by atoms with Gasteiger partial charge < -0.3 is 10.6 Å². The third-order valence-corrected chi connectivity index (χ3v) is 3.78. The molecule has 0 unspecified atom stereocenters. The van der Waals surface area contributed by atoms with Crippen molar-refractivity contribution >= 4 is 5.95 Å². The zero-order chi connectivity index (χ0) is 14.9. The molecule has 2 aromatic rings. The number of fused-ring (bicyclic) bond motifs is 1. The van der Waals surface area contributed by atoms with Crippen LogP contribution in [0.15, 0.2) is 30.5 Å². The molecule has 4 nitrogen and oxygen atoms in total. The molecule has 0 saturated heterocycles. The van der Waals surface area contributed by atoms with Crippen LogP contribution in [0.25, 0.3) is 0 Å². The van der Waals surface area contributed by atoms with Crippen LogP contribution in [0.4, 0.5) is 5.95 Å². The monoisotopic (exact) mass is 282 g/mol. The van der Waals surface area contributed by atoms with Gasteiger partial charge in [0.15, 0.2) is 0 Å². The summed E-state index contributed by atoms with van der Waals surface area (Å²) in [5.74, 6) is 0.695. The fourth-order valence-electron chi connectivity index (χ4n) is 2.50. The molecule has 0 spiro atoms. The molecule has 0 fully saturated rings. The third-order valence-electron chi connectivity index (χ3n) is 3.78. The van der Waals surface area contributed by atoms with Gasteiger partial charge in [-0.15, -0.1) is 0 Å². The highest BCUT2D eigenvalue weighted by molar-refractivity contribution is 5.36. The van der Waals surface area contributed by atoms with Crippen LogP contribution in [0.5, 0.6) is 0 Å². The van der Waals surface area contributed by atoms with Crippen molar-refractivity contribution in [1.29, 1.82) is 0 Å². The molecule has 0 aliphatic carbocycles. The lowest BCUT2D eigenvalue weighted by Gasteiger charge is -2.18. The lowest BCUT2D eigenvalue weighted by molar-refractivity contribution is 0.567. The first-order valence-electron chi connectivity index (χ1n) is 7.41. The van der Waals surface area contributed by atoms with Gasteiger partial charge in [0.25, 0.3) is 0 Å². The van der Waals surface area contributed by atoms with Crippen LogP contribution >= 0.6 is 0 Å². The maximum atomic E-state index is 4.60. The summed E-state index contributed by atoms with van der Waals surface area (Å²) in [4.78, 5) is 8.90. The average Bonchev–Trinajstić information content (AvgIpc) is 2.92. The smallest absolute Gasteiger partial charge is 0.223 e. The first-order chi connectivity index (χ1) is 10.0. The molecule has 0 bridgehead atoms. The van der Waals surface area contributed by atoms with Crippen molar-refractivity contribution in [3.8, 4) is 0 Å².